The molecular weight excluding hydrogens is 382 g/mol. The van der Waals surface area contributed by atoms with E-state index in [0.29, 0.717) is 49.0 Å². The fraction of sp³-hybridized carbons (Fsp3) is 0.444. The number of hydrogen-bond acceptors (Lipinski definition) is 7. The highest BCUT2D eigenvalue weighted by Gasteiger charge is 2.18. The van der Waals surface area contributed by atoms with Gasteiger partial charge in [-0.05, 0) is 36.0 Å². The molecule has 1 N–H and O–H groups in total. The summed E-state index contributed by atoms with van der Waals surface area (Å²) in [4.78, 5) is 14.0. The van der Waals surface area contributed by atoms with Crippen LogP contribution in [0.3, 0.4) is 0 Å². The monoisotopic (exact) mass is 405 g/mol. The minimum atomic E-state index is -0.0718. The Bertz CT molecular complexity index is 902. The van der Waals surface area contributed by atoms with Gasteiger partial charge < -0.3 is 19.1 Å². The van der Waals surface area contributed by atoms with Crippen LogP contribution in [0.5, 0.6) is 11.5 Å². The van der Waals surface area contributed by atoms with Crippen molar-refractivity contribution >= 4 is 24.3 Å². The van der Waals surface area contributed by atoms with E-state index >= 15 is 0 Å². The maximum Gasteiger partial charge on any atom is 0.260 e. The van der Waals surface area contributed by atoms with Crippen LogP contribution in [0.15, 0.2) is 23.3 Å². The van der Waals surface area contributed by atoms with Gasteiger partial charge in [0.2, 0.25) is 4.77 Å². The summed E-state index contributed by atoms with van der Waals surface area (Å²) in [6, 6.07) is 5.37. The molecule has 1 saturated heterocycles. The summed E-state index contributed by atoms with van der Waals surface area (Å²) in [5, 5.41) is 11.2. The molecule has 3 rings (SSSR count). The second kappa shape index (κ2) is 9.47. The van der Waals surface area contributed by atoms with Crippen molar-refractivity contribution in [3.8, 4) is 11.5 Å². The minimum Gasteiger partial charge on any atom is -0.493 e. The molecule has 28 heavy (non-hydrogen) atoms. The number of rotatable bonds is 7. The second-order valence-corrected chi connectivity index (χ2v) is 6.43. The third kappa shape index (κ3) is 4.76. The van der Waals surface area contributed by atoms with Crippen molar-refractivity contribution in [2.24, 2.45) is 5.10 Å². The molecule has 1 aliphatic heterocycles. The van der Waals surface area contributed by atoms with Crippen molar-refractivity contribution in [1.82, 2.24) is 19.8 Å². The molecule has 0 bridgehead atoms. The molecule has 0 unspecified atom stereocenters. The zero-order valence-corrected chi connectivity index (χ0v) is 16.7. The molecule has 2 heterocycles. The van der Waals surface area contributed by atoms with E-state index in [9.17, 15) is 4.79 Å². The number of carbonyl (C=O) groups is 1. The number of aromatic nitrogens is 3. The number of nitrogens with one attached hydrogen (secondary N) is 1. The SMILES string of the molecule is CCc1n[nH]c(=S)n1/N=C/c1ccc(OCC(=O)N2CCOCC2)c(OC)c1. The van der Waals surface area contributed by atoms with Gasteiger partial charge in [-0.25, -0.2) is 0 Å². The van der Waals surface area contributed by atoms with E-state index in [4.69, 9.17) is 26.4 Å². The third-order valence-corrected chi connectivity index (χ3v) is 4.52. The molecule has 1 fully saturated rings. The number of morpholine rings is 1. The van der Waals surface area contributed by atoms with Crippen molar-refractivity contribution in [3.05, 3.63) is 34.4 Å². The highest BCUT2D eigenvalue weighted by Crippen LogP contribution is 2.27. The number of H-pyrrole nitrogens is 1. The summed E-state index contributed by atoms with van der Waals surface area (Å²) in [5.41, 5.74) is 0.800. The highest BCUT2D eigenvalue weighted by atomic mass is 32.1. The smallest absolute Gasteiger partial charge is 0.260 e. The van der Waals surface area contributed by atoms with Gasteiger partial charge in [0.05, 0.1) is 26.5 Å². The molecule has 10 heteroatoms. The lowest BCUT2D eigenvalue weighted by Gasteiger charge is -2.26. The molecule has 1 aromatic heterocycles. The molecule has 1 amide bonds. The second-order valence-electron chi connectivity index (χ2n) is 6.05. The van der Waals surface area contributed by atoms with Crippen LogP contribution in [0.1, 0.15) is 18.3 Å². The lowest BCUT2D eigenvalue weighted by atomic mass is 10.2. The molecule has 1 aliphatic rings. The number of ether oxygens (including phenoxy) is 3. The topological polar surface area (TPSA) is 94.0 Å². The molecule has 2 aromatic rings. The molecule has 0 aliphatic carbocycles. The Kier molecular flexibility index (Phi) is 6.77. The van der Waals surface area contributed by atoms with E-state index in [0.717, 1.165) is 11.4 Å². The van der Waals surface area contributed by atoms with E-state index in [1.165, 1.54) is 0 Å². The predicted molar refractivity (Wildman–Crippen MR) is 106 cm³/mol. The fourth-order valence-corrected chi connectivity index (χ4v) is 2.92. The molecule has 1 aromatic carbocycles. The molecule has 0 spiro atoms. The number of methoxy groups -OCH3 is 1. The first-order valence-electron chi connectivity index (χ1n) is 8.99. The Morgan fingerprint density at radius 3 is 2.89 bits per heavy atom. The van der Waals surface area contributed by atoms with Gasteiger partial charge >= 0.3 is 0 Å². The standard InChI is InChI=1S/C18H23N5O4S/c1-3-16-20-21-18(28)23(16)19-11-13-4-5-14(15(10-13)25-2)27-12-17(24)22-6-8-26-9-7-22/h4-5,10-11H,3,6-9,12H2,1-2H3,(H,21,28)/b19-11+. The van der Waals surface area contributed by atoms with Crippen molar-refractivity contribution in [2.75, 3.05) is 40.0 Å². The van der Waals surface area contributed by atoms with Crippen molar-refractivity contribution in [1.29, 1.82) is 0 Å². The lowest BCUT2D eigenvalue weighted by molar-refractivity contribution is -0.137. The maximum absolute atomic E-state index is 12.2. The average molecular weight is 405 g/mol. The van der Waals surface area contributed by atoms with Crippen LogP contribution < -0.4 is 9.47 Å². The van der Waals surface area contributed by atoms with Crippen LogP contribution >= 0.6 is 12.2 Å². The van der Waals surface area contributed by atoms with Gasteiger partial charge in [-0.2, -0.15) is 14.9 Å². The molecule has 150 valence electrons. The fourth-order valence-electron chi connectivity index (χ4n) is 2.72. The summed E-state index contributed by atoms with van der Waals surface area (Å²) < 4.78 is 18.3. The first-order valence-corrected chi connectivity index (χ1v) is 9.40. The van der Waals surface area contributed by atoms with Crippen LogP contribution in [0.4, 0.5) is 0 Å². The van der Waals surface area contributed by atoms with Crippen LogP contribution in [0, 0.1) is 4.77 Å². The summed E-state index contributed by atoms with van der Waals surface area (Å²) in [6.45, 7) is 4.22. The largest absolute Gasteiger partial charge is 0.493 e. The molecule has 0 atom stereocenters. The summed E-state index contributed by atoms with van der Waals surface area (Å²) in [5.74, 6) is 1.69. The van der Waals surface area contributed by atoms with Crippen molar-refractivity contribution in [2.45, 2.75) is 13.3 Å². The van der Waals surface area contributed by atoms with E-state index in [-0.39, 0.29) is 12.5 Å². The third-order valence-electron chi connectivity index (χ3n) is 4.26. The van der Waals surface area contributed by atoms with E-state index in [1.54, 1.807) is 35.0 Å². The predicted octanol–water partition coefficient (Wildman–Crippen LogP) is 1.63. The van der Waals surface area contributed by atoms with E-state index < -0.39 is 0 Å². The van der Waals surface area contributed by atoms with Crippen molar-refractivity contribution < 1.29 is 19.0 Å². The lowest BCUT2D eigenvalue weighted by Crippen LogP contribution is -2.43. The normalized spacial score (nSPS) is 14.4. The van der Waals surface area contributed by atoms with Crippen LogP contribution in [0.2, 0.25) is 0 Å². The van der Waals surface area contributed by atoms with Crippen molar-refractivity contribution in [3.63, 3.8) is 0 Å². The molecule has 0 saturated carbocycles. The number of benzene rings is 1. The molecule has 9 nitrogen and oxygen atoms in total. The number of nitrogens with zero attached hydrogens (tertiary/aromatic N) is 4. The number of aromatic amines is 1. The Morgan fingerprint density at radius 1 is 1.39 bits per heavy atom. The van der Waals surface area contributed by atoms with Gasteiger partial charge in [0.25, 0.3) is 5.91 Å². The van der Waals surface area contributed by atoms with Crippen LogP contribution in [0.25, 0.3) is 0 Å². The van der Waals surface area contributed by atoms with E-state index in [2.05, 4.69) is 15.3 Å². The zero-order chi connectivity index (χ0) is 19.9. The summed E-state index contributed by atoms with van der Waals surface area (Å²) in [7, 11) is 1.55. The Balaban J connectivity index is 1.68. The van der Waals surface area contributed by atoms with Gasteiger partial charge in [-0.1, -0.05) is 6.92 Å². The zero-order valence-electron chi connectivity index (χ0n) is 15.9. The highest BCUT2D eigenvalue weighted by molar-refractivity contribution is 7.71. The number of hydrogen-bond donors (Lipinski definition) is 1. The summed E-state index contributed by atoms with van der Waals surface area (Å²) >= 11 is 5.18. The number of aryl methyl sites for hydroxylation is 1. The Morgan fingerprint density at radius 2 is 2.18 bits per heavy atom. The van der Waals surface area contributed by atoms with Gasteiger partial charge in [-0.3, -0.25) is 9.89 Å². The first-order chi connectivity index (χ1) is 13.6. The van der Waals surface area contributed by atoms with E-state index in [1.807, 2.05) is 13.0 Å². The number of carbonyl (C=O) groups excluding carboxylic acids is 1. The molecular formula is C18H23N5O4S. The summed E-state index contributed by atoms with van der Waals surface area (Å²) in [6.07, 6.45) is 2.37. The quantitative estimate of drug-likeness (QED) is 0.556. The minimum absolute atomic E-state index is 0.0478. The maximum atomic E-state index is 12.2. The first kappa shape index (κ1) is 20.0. The van der Waals surface area contributed by atoms with Gasteiger partial charge in [-0.15, -0.1) is 0 Å². The Labute approximate surface area is 167 Å². The van der Waals surface area contributed by atoms with Crippen LogP contribution in [-0.2, 0) is 16.0 Å². The average Bonchev–Trinajstić information content (AvgIpc) is 3.10. The number of amides is 1. The van der Waals surface area contributed by atoms with Gasteiger partial charge in [0.1, 0.15) is 0 Å². The van der Waals surface area contributed by atoms with Crippen LogP contribution in [-0.4, -0.2) is 71.9 Å². The van der Waals surface area contributed by atoms with Gasteiger partial charge in [0, 0.05) is 19.5 Å². The molecule has 0 radical (unpaired) electrons. The van der Waals surface area contributed by atoms with Gasteiger partial charge in [0.15, 0.2) is 23.9 Å². The Hall–Kier alpha value is -2.72.